The maximum absolute atomic E-state index is 14.8. The first kappa shape index (κ1) is 45.4. The number of hydrogen-bond acceptors (Lipinski definition) is 8. The number of carboxylic acids is 1. The number of carbonyl (C=O) groups is 2. The molecule has 61 heavy (non-hydrogen) atoms. The van der Waals surface area contributed by atoms with Gasteiger partial charge in [-0.1, -0.05) is 87.5 Å². The predicted octanol–water partition coefficient (Wildman–Crippen LogP) is 9.22. The fraction of sp³-hybridized carbons (Fsp3) is 0.429. The predicted molar refractivity (Wildman–Crippen MR) is 236 cm³/mol. The van der Waals surface area contributed by atoms with E-state index in [2.05, 4.69) is 39.5 Å². The Labute approximate surface area is 361 Å². The topological polar surface area (TPSA) is 132 Å². The van der Waals surface area contributed by atoms with Gasteiger partial charge in [-0.15, -0.1) is 0 Å². The summed E-state index contributed by atoms with van der Waals surface area (Å²) >= 11 is 0. The molecule has 0 aliphatic carbocycles. The van der Waals surface area contributed by atoms with Crippen LogP contribution in [0.4, 0.5) is 0 Å². The largest absolute Gasteiger partial charge is 0.490 e. The van der Waals surface area contributed by atoms with E-state index in [0.717, 1.165) is 23.1 Å². The zero-order chi connectivity index (χ0) is 44.0. The molecule has 0 radical (unpaired) electrons. The maximum Gasteiger partial charge on any atom is 0.341 e. The molecule has 0 bridgehead atoms. The first-order valence-electron chi connectivity index (χ1n) is 21.1. The molecule has 0 unspecified atom stereocenters. The van der Waals surface area contributed by atoms with Crippen molar-refractivity contribution in [1.29, 1.82) is 0 Å². The highest BCUT2D eigenvalue weighted by molar-refractivity contribution is 7.89. The van der Waals surface area contributed by atoms with Crippen LogP contribution >= 0.6 is 0 Å². The van der Waals surface area contributed by atoms with Gasteiger partial charge < -0.3 is 29.0 Å². The molecule has 12 heteroatoms. The number of carboxylic acid groups (broad SMARTS) is 1. The van der Waals surface area contributed by atoms with Crippen LogP contribution in [0.25, 0.3) is 0 Å². The number of nitrogens with zero attached hydrogens (tertiary/aromatic N) is 2. The van der Waals surface area contributed by atoms with Gasteiger partial charge in [-0.2, -0.15) is 4.31 Å². The second-order valence-corrected chi connectivity index (χ2v) is 19.0. The van der Waals surface area contributed by atoms with Crippen LogP contribution < -0.4 is 14.2 Å². The Kier molecular flexibility index (Phi) is 14.3. The third-order valence-electron chi connectivity index (χ3n) is 12.7. The molecular weight excluding hydrogens is 793 g/mol. The van der Waals surface area contributed by atoms with E-state index in [4.69, 9.17) is 18.9 Å². The van der Waals surface area contributed by atoms with Crippen molar-refractivity contribution < 1.29 is 42.1 Å². The number of carbonyl (C=O) groups excluding carboxylic acids is 1. The summed E-state index contributed by atoms with van der Waals surface area (Å²) in [7, 11) is -2.34. The Balaban J connectivity index is 1.34. The third kappa shape index (κ3) is 10.7. The van der Waals surface area contributed by atoms with Crippen LogP contribution in [0.1, 0.15) is 83.1 Å². The minimum atomic E-state index is -4.02. The normalized spacial score (nSPS) is 19.2. The summed E-state index contributed by atoms with van der Waals surface area (Å²) < 4.78 is 56.8. The fourth-order valence-electron chi connectivity index (χ4n) is 8.36. The van der Waals surface area contributed by atoms with Gasteiger partial charge in [0.15, 0.2) is 6.61 Å². The monoisotopic (exact) mass is 852 g/mol. The van der Waals surface area contributed by atoms with Crippen molar-refractivity contribution in [2.45, 2.75) is 89.2 Å². The number of ether oxygens (including phenoxy) is 4. The van der Waals surface area contributed by atoms with E-state index in [-0.39, 0.29) is 53.7 Å². The molecule has 1 spiro atoms. The SMILES string of the molecule is C=C(C)[C@@H]1CC2(CCN(S(=O)(=O)c3cc(C(C)(C)CC)ccc3OCCN(C)C(C)=O)CC2)[C@@H](Cc2ccccc2)O[C@H]1c1cc(Oc2ccccc2)ccc1OCC(=O)O. The standard InChI is InChI=1S/C49H60N2O9S/c1-8-48(5,6)37-19-21-43(57-28-27-50(7)35(4)52)44(30-37)61(55,56)51-25-23-49(24-26-51)32-41(34(2)3)47(60-45(49)29-36-15-11-9-12-16-36)40-31-39(59-38-17-13-10-14-18-38)20-22-42(40)58-33-46(53)54/h9-22,30-31,41,45,47H,2,8,23-29,32-33H2,1,3-7H3,(H,53,54)/t41-,45+,47-/m0/s1. The number of benzene rings is 4. The molecule has 2 fully saturated rings. The molecular formula is C49H60N2O9S. The molecule has 2 aliphatic heterocycles. The lowest BCUT2D eigenvalue weighted by Gasteiger charge is -2.53. The van der Waals surface area contributed by atoms with E-state index in [1.807, 2.05) is 67.6 Å². The Hall–Kier alpha value is -5.17. The number of sulfonamides is 1. The van der Waals surface area contributed by atoms with Crippen LogP contribution in [0.5, 0.6) is 23.0 Å². The van der Waals surface area contributed by atoms with Crippen molar-refractivity contribution in [2.24, 2.45) is 11.3 Å². The number of para-hydroxylation sites is 1. The summed E-state index contributed by atoms with van der Waals surface area (Å²) in [4.78, 5) is 25.2. The molecule has 4 aromatic carbocycles. The highest BCUT2D eigenvalue weighted by atomic mass is 32.2. The van der Waals surface area contributed by atoms with Crippen LogP contribution in [0, 0.1) is 11.3 Å². The second-order valence-electron chi connectivity index (χ2n) is 17.1. The minimum Gasteiger partial charge on any atom is -0.490 e. The number of rotatable bonds is 17. The Morgan fingerprint density at radius 3 is 2.20 bits per heavy atom. The van der Waals surface area contributed by atoms with Crippen LogP contribution in [-0.2, 0) is 36.2 Å². The summed E-state index contributed by atoms with van der Waals surface area (Å²) in [6, 6.07) is 30.3. The van der Waals surface area contributed by atoms with Gasteiger partial charge >= 0.3 is 5.97 Å². The van der Waals surface area contributed by atoms with Crippen molar-refractivity contribution in [3.63, 3.8) is 0 Å². The summed E-state index contributed by atoms with van der Waals surface area (Å²) in [5.41, 5.74) is 2.85. The van der Waals surface area contributed by atoms with Crippen molar-refractivity contribution in [3.05, 3.63) is 126 Å². The minimum absolute atomic E-state index is 0.103. The van der Waals surface area contributed by atoms with Crippen LogP contribution in [0.2, 0.25) is 0 Å². The molecule has 3 atom stereocenters. The van der Waals surface area contributed by atoms with Crippen LogP contribution in [0.15, 0.2) is 114 Å². The molecule has 326 valence electrons. The van der Waals surface area contributed by atoms with Gasteiger partial charge in [0, 0.05) is 44.0 Å². The molecule has 0 saturated carbocycles. The van der Waals surface area contributed by atoms with Gasteiger partial charge in [-0.3, -0.25) is 4.79 Å². The molecule has 2 heterocycles. The Morgan fingerprint density at radius 1 is 0.918 bits per heavy atom. The smallest absolute Gasteiger partial charge is 0.341 e. The number of amides is 1. The summed E-state index contributed by atoms with van der Waals surface area (Å²) in [6.07, 6.45) is 2.25. The zero-order valence-corrected chi connectivity index (χ0v) is 37.1. The van der Waals surface area contributed by atoms with E-state index >= 15 is 0 Å². The summed E-state index contributed by atoms with van der Waals surface area (Å²) in [6.45, 7) is 14.6. The lowest BCUT2D eigenvalue weighted by atomic mass is 9.63. The molecule has 1 N–H and O–H groups in total. The third-order valence-corrected chi connectivity index (χ3v) is 14.6. The van der Waals surface area contributed by atoms with E-state index < -0.39 is 34.1 Å². The lowest BCUT2D eigenvalue weighted by Crippen LogP contribution is -2.53. The van der Waals surface area contributed by atoms with Gasteiger partial charge in [-0.25, -0.2) is 13.2 Å². The number of aliphatic carboxylic acids is 1. The average molecular weight is 853 g/mol. The van der Waals surface area contributed by atoms with E-state index in [9.17, 15) is 23.1 Å². The van der Waals surface area contributed by atoms with E-state index in [1.54, 1.807) is 35.6 Å². The second kappa shape index (κ2) is 19.3. The van der Waals surface area contributed by atoms with Gasteiger partial charge in [0.2, 0.25) is 15.9 Å². The molecule has 6 rings (SSSR count). The van der Waals surface area contributed by atoms with Crippen LogP contribution in [-0.4, -0.2) is 80.6 Å². The molecule has 2 aliphatic rings. The van der Waals surface area contributed by atoms with Gasteiger partial charge in [0.1, 0.15) is 34.5 Å². The summed E-state index contributed by atoms with van der Waals surface area (Å²) in [5, 5.41) is 9.58. The van der Waals surface area contributed by atoms with Crippen LogP contribution in [0.3, 0.4) is 0 Å². The highest BCUT2D eigenvalue weighted by Crippen LogP contribution is 2.55. The maximum atomic E-state index is 14.8. The van der Waals surface area contributed by atoms with Crippen molar-refractivity contribution >= 4 is 21.9 Å². The van der Waals surface area contributed by atoms with E-state index in [1.165, 1.54) is 11.8 Å². The van der Waals surface area contributed by atoms with Crippen molar-refractivity contribution in [1.82, 2.24) is 9.21 Å². The molecule has 1 amide bonds. The lowest BCUT2D eigenvalue weighted by molar-refractivity contribution is -0.166. The number of hydrogen-bond donors (Lipinski definition) is 1. The fourth-order valence-corrected chi connectivity index (χ4v) is 9.96. The molecule has 0 aromatic heterocycles. The first-order chi connectivity index (χ1) is 29.0. The highest BCUT2D eigenvalue weighted by Gasteiger charge is 2.52. The number of piperidine rings is 1. The summed E-state index contributed by atoms with van der Waals surface area (Å²) in [5.74, 6) is 0.432. The van der Waals surface area contributed by atoms with E-state index in [0.29, 0.717) is 55.0 Å². The number of likely N-dealkylation sites (N-methyl/N-ethyl adjacent to an activating group) is 1. The zero-order valence-electron chi connectivity index (χ0n) is 36.3. The van der Waals surface area contributed by atoms with Gasteiger partial charge in [-0.05, 0) is 98.0 Å². The molecule has 4 aromatic rings. The van der Waals surface area contributed by atoms with Gasteiger partial charge in [0.05, 0.1) is 18.8 Å². The Morgan fingerprint density at radius 2 is 1.57 bits per heavy atom. The van der Waals surface area contributed by atoms with Crippen molar-refractivity contribution in [2.75, 3.05) is 39.9 Å². The Bertz CT molecular complexity index is 2270. The molecule has 11 nitrogen and oxygen atoms in total. The average Bonchev–Trinajstić information content (AvgIpc) is 3.24. The first-order valence-corrected chi connectivity index (χ1v) is 22.5. The van der Waals surface area contributed by atoms with Gasteiger partial charge in [0.25, 0.3) is 0 Å². The molecule has 2 saturated heterocycles. The quantitative estimate of drug-likeness (QED) is 0.103. The van der Waals surface area contributed by atoms with Crippen molar-refractivity contribution in [3.8, 4) is 23.0 Å².